The van der Waals surface area contributed by atoms with Gasteiger partial charge in [-0.25, -0.2) is 0 Å². The van der Waals surface area contributed by atoms with Crippen LogP contribution in [0.25, 0.3) is 5.76 Å². The van der Waals surface area contributed by atoms with Gasteiger partial charge in [0.1, 0.15) is 11.5 Å². The number of methoxy groups -OCH3 is 3. The second kappa shape index (κ2) is 12.3. The zero-order valence-corrected chi connectivity index (χ0v) is 20.7. The van der Waals surface area contributed by atoms with Crippen LogP contribution in [0.5, 0.6) is 17.2 Å². The maximum Gasteiger partial charge on any atom is 0.295 e. The molecule has 1 saturated heterocycles. The number of aliphatic hydroxyl groups excluding tert-OH is 1. The molecule has 1 fully saturated rings. The molecule has 1 aliphatic heterocycles. The molecular weight excluding hydrogens is 450 g/mol. The van der Waals surface area contributed by atoms with Gasteiger partial charge in [0.15, 0.2) is 11.5 Å². The largest absolute Gasteiger partial charge is 0.507 e. The number of benzene rings is 2. The van der Waals surface area contributed by atoms with Gasteiger partial charge in [-0.05, 0) is 42.7 Å². The fourth-order valence-electron chi connectivity index (χ4n) is 4.08. The van der Waals surface area contributed by atoms with Gasteiger partial charge >= 0.3 is 0 Å². The number of amides is 1. The van der Waals surface area contributed by atoms with E-state index in [2.05, 4.69) is 6.92 Å². The summed E-state index contributed by atoms with van der Waals surface area (Å²) in [7, 11) is 4.63. The Labute approximate surface area is 206 Å². The maximum atomic E-state index is 13.2. The van der Waals surface area contributed by atoms with Crippen LogP contribution in [0.15, 0.2) is 48.0 Å². The smallest absolute Gasteiger partial charge is 0.295 e. The lowest BCUT2D eigenvalue weighted by atomic mass is 9.95. The Morgan fingerprint density at radius 3 is 2.43 bits per heavy atom. The molecule has 8 heteroatoms. The van der Waals surface area contributed by atoms with Crippen LogP contribution in [0, 0.1) is 0 Å². The van der Waals surface area contributed by atoms with Crippen molar-refractivity contribution in [3.05, 3.63) is 59.2 Å². The minimum absolute atomic E-state index is 0.0188. The number of unbranched alkanes of at least 4 members (excludes halogenated alkanes) is 1. The van der Waals surface area contributed by atoms with Crippen molar-refractivity contribution >= 4 is 17.4 Å². The average Bonchev–Trinajstić information content (AvgIpc) is 3.13. The monoisotopic (exact) mass is 483 g/mol. The number of carbonyl (C=O) groups excluding carboxylic acids is 2. The topological polar surface area (TPSA) is 94.5 Å². The SMILES string of the molecule is CCCCOc1cccc(C(O)=C2C(=O)C(=O)N(CCCOC)C2c2ccc(OC)c(OC)c2)c1. The molecule has 8 nitrogen and oxygen atoms in total. The molecule has 0 aliphatic carbocycles. The van der Waals surface area contributed by atoms with Gasteiger partial charge in [-0.2, -0.15) is 0 Å². The highest BCUT2D eigenvalue weighted by molar-refractivity contribution is 6.46. The predicted molar refractivity (Wildman–Crippen MR) is 132 cm³/mol. The molecule has 1 atom stereocenters. The Balaban J connectivity index is 2.09. The van der Waals surface area contributed by atoms with Gasteiger partial charge in [0, 0.05) is 25.8 Å². The molecule has 0 radical (unpaired) electrons. The highest BCUT2D eigenvalue weighted by Gasteiger charge is 2.46. The van der Waals surface area contributed by atoms with Crippen LogP contribution in [-0.2, 0) is 14.3 Å². The Kier molecular flexibility index (Phi) is 9.14. The molecule has 1 heterocycles. The van der Waals surface area contributed by atoms with Gasteiger partial charge in [0.05, 0.1) is 32.4 Å². The van der Waals surface area contributed by atoms with Crippen molar-refractivity contribution in [1.82, 2.24) is 4.90 Å². The standard InChI is InChI=1S/C27H33NO7/c1-5-6-15-35-20-10-7-9-19(16-20)25(29)23-24(18-11-12-21(33-3)22(17-18)34-4)28(13-8-14-32-2)27(31)26(23)30/h7,9-12,16-17,24,29H,5-6,8,13-15H2,1-4H3. The molecule has 188 valence electrons. The first-order chi connectivity index (χ1) is 17.0. The molecule has 1 amide bonds. The van der Waals surface area contributed by atoms with Crippen molar-refractivity contribution in [2.75, 3.05) is 41.1 Å². The molecule has 0 bridgehead atoms. The molecule has 2 aromatic rings. The molecule has 1 aliphatic rings. The molecule has 0 aromatic heterocycles. The fourth-order valence-corrected chi connectivity index (χ4v) is 4.08. The molecule has 1 unspecified atom stereocenters. The number of ketones is 1. The van der Waals surface area contributed by atoms with Crippen LogP contribution in [0.1, 0.15) is 43.4 Å². The molecule has 1 N–H and O–H groups in total. The van der Waals surface area contributed by atoms with E-state index in [1.165, 1.54) is 19.1 Å². The van der Waals surface area contributed by atoms with E-state index in [1.807, 2.05) is 0 Å². The number of hydrogen-bond acceptors (Lipinski definition) is 7. The van der Waals surface area contributed by atoms with Gasteiger partial charge in [0.2, 0.25) is 0 Å². The molecule has 35 heavy (non-hydrogen) atoms. The molecule has 0 spiro atoms. The van der Waals surface area contributed by atoms with Gasteiger partial charge in [-0.3, -0.25) is 9.59 Å². The predicted octanol–water partition coefficient (Wildman–Crippen LogP) is 4.34. The lowest BCUT2D eigenvalue weighted by Crippen LogP contribution is -2.31. The Morgan fingerprint density at radius 2 is 1.74 bits per heavy atom. The van der Waals surface area contributed by atoms with Gasteiger partial charge in [-0.15, -0.1) is 0 Å². The quantitative estimate of drug-likeness (QED) is 0.208. The van der Waals surface area contributed by atoms with Crippen molar-refractivity contribution in [1.29, 1.82) is 0 Å². The van der Waals surface area contributed by atoms with Crippen LogP contribution in [0.4, 0.5) is 0 Å². The first-order valence-corrected chi connectivity index (χ1v) is 11.7. The zero-order chi connectivity index (χ0) is 25.4. The van der Waals surface area contributed by atoms with E-state index < -0.39 is 17.7 Å². The third kappa shape index (κ3) is 5.77. The number of carbonyl (C=O) groups is 2. The normalized spacial score (nSPS) is 17.0. The molecule has 3 rings (SSSR count). The summed E-state index contributed by atoms with van der Waals surface area (Å²) in [5.74, 6) is -0.101. The highest BCUT2D eigenvalue weighted by atomic mass is 16.5. The van der Waals surface area contributed by atoms with Crippen LogP contribution in [0.3, 0.4) is 0 Å². The van der Waals surface area contributed by atoms with Crippen molar-refractivity contribution < 1.29 is 33.6 Å². The summed E-state index contributed by atoms with van der Waals surface area (Å²) in [5, 5.41) is 11.3. The van der Waals surface area contributed by atoms with Gasteiger partial charge in [-0.1, -0.05) is 31.5 Å². The van der Waals surface area contributed by atoms with Crippen LogP contribution >= 0.6 is 0 Å². The van der Waals surface area contributed by atoms with E-state index in [1.54, 1.807) is 49.6 Å². The van der Waals surface area contributed by atoms with E-state index in [4.69, 9.17) is 18.9 Å². The maximum absolute atomic E-state index is 13.2. The Hall–Kier alpha value is -3.52. The second-order valence-corrected chi connectivity index (χ2v) is 8.18. The van der Waals surface area contributed by atoms with Gasteiger partial charge < -0.3 is 29.0 Å². The zero-order valence-electron chi connectivity index (χ0n) is 20.7. The number of Topliss-reactive ketones (excluding diaryl/α,β-unsaturated/α-hetero) is 1. The van der Waals surface area contributed by atoms with Crippen molar-refractivity contribution in [3.63, 3.8) is 0 Å². The lowest BCUT2D eigenvalue weighted by Gasteiger charge is -2.26. The highest BCUT2D eigenvalue weighted by Crippen LogP contribution is 2.42. The number of likely N-dealkylation sites (tertiary alicyclic amines) is 1. The minimum atomic E-state index is -0.795. The fraction of sp³-hybridized carbons (Fsp3) is 0.407. The van der Waals surface area contributed by atoms with Crippen LogP contribution in [-0.4, -0.2) is 62.8 Å². The summed E-state index contributed by atoms with van der Waals surface area (Å²) in [6, 6.07) is 11.3. The summed E-state index contributed by atoms with van der Waals surface area (Å²) >= 11 is 0. The second-order valence-electron chi connectivity index (χ2n) is 8.18. The van der Waals surface area contributed by atoms with Crippen LogP contribution in [0.2, 0.25) is 0 Å². The third-order valence-corrected chi connectivity index (χ3v) is 5.88. The lowest BCUT2D eigenvalue weighted by molar-refractivity contribution is -0.140. The minimum Gasteiger partial charge on any atom is -0.507 e. The number of rotatable bonds is 12. The van der Waals surface area contributed by atoms with Crippen LogP contribution < -0.4 is 14.2 Å². The number of nitrogens with zero attached hydrogens (tertiary/aromatic N) is 1. The summed E-state index contributed by atoms with van der Waals surface area (Å²) < 4.78 is 21.7. The molecule has 0 saturated carbocycles. The van der Waals surface area contributed by atoms with E-state index in [-0.39, 0.29) is 17.9 Å². The summed E-state index contributed by atoms with van der Waals surface area (Å²) in [6.07, 6.45) is 2.44. The van der Waals surface area contributed by atoms with E-state index >= 15 is 0 Å². The van der Waals surface area contributed by atoms with Gasteiger partial charge in [0.25, 0.3) is 11.7 Å². The van der Waals surface area contributed by atoms with E-state index in [0.717, 1.165) is 12.8 Å². The first-order valence-electron chi connectivity index (χ1n) is 11.7. The summed E-state index contributed by atoms with van der Waals surface area (Å²) in [5.41, 5.74) is 1.04. The number of aliphatic hydroxyl groups is 1. The van der Waals surface area contributed by atoms with E-state index in [0.29, 0.717) is 48.0 Å². The average molecular weight is 484 g/mol. The third-order valence-electron chi connectivity index (χ3n) is 5.88. The Morgan fingerprint density at radius 1 is 0.971 bits per heavy atom. The van der Waals surface area contributed by atoms with Crippen molar-refractivity contribution in [3.8, 4) is 17.2 Å². The number of hydrogen-bond donors (Lipinski definition) is 1. The van der Waals surface area contributed by atoms with E-state index in [9.17, 15) is 14.7 Å². The summed E-state index contributed by atoms with van der Waals surface area (Å²) in [6.45, 7) is 3.34. The molecular formula is C27H33NO7. The van der Waals surface area contributed by atoms with Crippen molar-refractivity contribution in [2.24, 2.45) is 0 Å². The van der Waals surface area contributed by atoms with Crippen molar-refractivity contribution in [2.45, 2.75) is 32.2 Å². The number of ether oxygens (including phenoxy) is 4. The summed E-state index contributed by atoms with van der Waals surface area (Å²) in [4.78, 5) is 27.7. The molecule has 2 aromatic carbocycles. The first kappa shape index (κ1) is 26.1. The Bertz CT molecular complexity index is 1080.